The number of aliphatic imine (C=N–C) groups is 1. The van der Waals surface area contributed by atoms with Crippen LogP contribution < -0.4 is 27.0 Å². The summed E-state index contributed by atoms with van der Waals surface area (Å²) in [5.74, 6) is -2.15. The summed E-state index contributed by atoms with van der Waals surface area (Å²) in [4.78, 5) is 65.6. The second-order valence-corrected chi connectivity index (χ2v) is 17.8. The summed E-state index contributed by atoms with van der Waals surface area (Å²) in [6.45, 7) is 9.67. The third kappa shape index (κ3) is 15.9. The van der Waals surface area contributed by atoms with Gasteiger partial charge >= 0.3 is 12.1 Å². The van der Waals surface area contributed by atoms with E-state index in [1.54, 1.807) is 25.1 Å². The van der Waals surface area contributed by atoms with Gasteiger partial charge in [0.25, 0.3) is 11.7 Å². The Bertz CT molecular complexity index is 2180. The molecule has 0 spiro atoms. The Morgan fingerprint density at radius 3 is 2.33 bits per heavy atom. The van der Waals surface area contributed by atoms with Crippen molar-refractivity contribution in [3.05, 3.63) is 99.4 Å². The molecule has 2 fully saturated rings. The molecule has 0 bridgehead atoms. The number of hydrogen-bond acceptors (Lipinski definition) is 16. The number of allylic oxidation sites excluding steroid dienone is 1. The Hall–Kier alpha value is -6.20. The standard InChI is InChI=1S/C47H64FN7O14/c1-6-31-19-40(67-25-47(31,5)62)69-42-37(53-44(60)38(57)17-18-50-45(49)65-23-30-11-13-32(14-12-30)55(63)64)21-36(54-46(61)66-24-29-9-7-26(2)8-10-29)34(41(42)58)20-39-35(52-28(4)56)16-15-33(68-39)22-51-27(3)43(48)59/h7-15,31,34-42,51,57-58,62H,3,6,16-25H2,1-2,4-5H3,(H2,49,50)(H,52,56)(H,53,60)(H,54,61)/t31-,34-,35-,36?,37-,38+,39-,40-,41+,42+,47+/m1/s1. The van der Waals surface area contributed by atoms with Crippen LogP contribution in [0.1, 0.15) is 76.0 Å². The number of nitrogens with one attached hydrogen (secondary N) is 4. The number of alkyl carbamates (subject to hydrolysis) is 1. The van der Waals surface area contributed by atoms with Crippen molar-refractivity contribution in [3.63, 3.8) is 0 Å². The normalized spacial score (nSPS) is 27.3. The molecule has 2 aromatic carbocycles. The van der Waals surface area contributed by atoms with Crippen molar-refractivity contribution in [1.82, 2.24) is 21.3 Å². The average Bonchev–Trinajstić information content (AvgIpc) is 3.30. The molecule has 21 nitrogen and oxygen atoms in total. The number of aliphatic hydroxyl groups excluding tert-OH is 2. The van der Waals surface area contributed by atoms with Gasteiger partial charge in [0.05, 0.1) is 41.9 Å². The number of nitro benzene ring substituents is 1. The van der Waals surface area contributed by atoms with Crippen LogP contribution in [0.2, 0.25) is 0 Å². The van der Waals surface area contributed by atoms with Crippen LogP contribution in [0.15, 0.2) is 77.6 Å². The van der Waals surface area contributed by atoms with Crippen LogP contribution in [0, 0.1) is 28.9 Å². The quantitative estimate of drug-likeness (QED) is 0.0223. The summed E-state index contributed by atoms with van der Waals surface area (Å²) < 4.78 is 43.2. The number of carbonyl (C=O) groups is 4. The van der Waals surface area contributed by atoms with Crippen LogP contribution in [0.4, 0.5) is 14.9 Å². The van der Waals surface area contributed by atoms with Gasteiger partial charge in [-0.3, -0.25) is 24.5 Å². The molecule has 3 aliphatic rings. The number of nitro groups is 1. The maximum absolute atomic E-state index is 13.8. The molecule has 1 saturated heterocycles. The maximum Gasteiger partial charge on any atom is 0.407 e. The Morgan fingerprint density at radius 2 is 1.70 bits per heavy atom. The van der Waals surface area contributed by atoms with Gasteiger partial charge in [-0.1, -0.05) is 49.8 Å². The molecule has 3 amide bonds. The molecular weight excluding hydrogens is 906 g/mol. The van der Waals surface area contributed by atoms with Gasteiger partial charge in [0, 0.05) is 50.4 Å². The van der Waals surface area contributed by atoms with Crippen LogP contribution in [-0.4, -0.2) is 124 Å². The Balaban J connectivity index is 1.38. The number of nitrogens with two attached hydrogens (primary N) is 1. The van der Waals surface area contributed by atoms with Crippen LogP contribution >= 0.6 is 0 Å². The number of carbonyl (C=O) groups excluding carboxylic acids is 4. The topological polar surface area (TPSA) is 305 Å². The van der Waals surface area contributed by atoms with Crippen LogP contribution in [0.3, 0.4) is 0 Å². The minimum Gasteiger partial charge on any atom is -0.491 e. The van der Waals surface area contributed by atoms with E-state index in [4.69, 9.17) is 29.4 Å². The highest BCUT2D eigenvalue weighted by molar-refractivity contribution is 5.85. The number of hydrogen-bond donors (Lipinski definition) is 8. The Kier molecular flexibility index (Phi) is 19.4. The van der Waals surface area contributed by atoms with Crippen molar-refractivity contribution >= 4 is 35.7 Å². The van der Waals surface area contributed by atoms with E-state index in [9.17, 15) is 49.0 Å². The molecule has 9 N–H and O–H groups in total. The lowest BCUT2D eigenvalue weighted by atomic mass is 9.73. The Morgan fingerprint density at radius 1 is 1.03 bits per heavy atom. The molecule has 1 saturated carbocycles. The fourth-order valence-electron chi connectivity index (χ4n) is 8.55. The van der Waals surface area contributed by atoms with E-state index < -0.39 is 89.0 Å². The van der Waals surface area contributed by atoms with E-state index in [0.29, 0.717) is 23.3 Å². The number of rotatable bonds is 21. The predicted octanol–water partition coefficient (Wildman–Crippen LogP) is 2.72. The molecule has 5 rings (SSSR count). The highest BCUT2D eigenvalue weighted by Gasteiger charge is 2.50. The summed E-state index contributed by atoms with van der Waals surface area (Å²) in [7, 11) is 0. The first-order valence-corrected chi connectivity index (χ1v) is 22.8. The van der Waals surface area contributed by atoms with E-state index >= 15 is 0 Å². The lowest BCUT2D eigenvalue weighted by Gasteiger charge is -2.48. The number of aliphatic hydroxyl groups is 3. The van der Waals surface area contributed by atoms with E-state index in [-0.39, 0.29) is 88.5 Å². The average molecular weight is 970 g/mol. The molecule has 2 aromatic rings. The second-order valence-electron chi connectivity index (χ2n) is 17.8. The van der Waals surface area contributed by atoms with Gasteiger partial charge in [-0.05, 0) is 68.4 Å². The van der Waals surface area contributed by atoms with E-state index in [1.807, 2.05) is 26.0 Å². The fourth-order valence-corrected chi connectivity index (χ4v) is 8.55. The molecule has 69 heavy (non-hydrogen) atoms. The van der Waals surface area contributed by atoms with Crippen LogP contribution in [0.25, 0.3) is 0 Å². The number of non-ortho nitro benzene ring substituents is 1. The van der Waals surface area contributed by atoms with Gasteiger partial charge in [0.1, 0.15) is 43.0 Å². The zero-order valence-electron chi connectivity index (χ0n) is 39.1. The van der Waals surface area contributed by atoms with Crippen molar-refractivity contribution in [3.8, 4) is 0 Å². The van der Waals surface area contributed by atoms with Crippen molar-refractivity contribution in [2.75, 3.05) is 19.7 Å². The molecular formula is C47H64FN7O14. The van der Waals surface area contributed by atoms with Gasteiger partial charge in [0.2, 0.25) is 11.8 Å². The zero-order valence-corrected chi connectivity index (χ0v) is 39.1. The SMILES string of the molecule is C=C(NCC1=CC[C@@H](NC(C)=O)[C@@H](C[C@@H]2C(NC(=O)OCc3ccc(C)cc3)C[C@@H](NC(=O)[C@@H](O)CCN=C(N)OCc3ccc([N+](=O)[O-])cc3)[C@H](O[C@@H]3C[C@@H](CC)[C@@](C)(O)CO3)[C@H]2O)O1)C(=O)F. The first kappa shape index (κ1) is 53.8. The summed E-state index contributed by atoms with van der Waals surface area (Å²) in [5, 5.41) is 56.7. The van der Waals surface area contributed by atoms with Gasteiger partial charge in [0.15, 0.2) is 6.29 Å². The van der Waals surface area contributed by atoms with Crippen molar-refractivity contribution in [1.29, 1.82) is 0 Å². The lowest BCUT2D eigenvalue weighted by molar-refractivity contribution is -0.384. The van der Waals surface area contributed by atoms with Gasteiger partial charge in [-0.2, -0.15) is 4.39 Å². The van der Waals surface area contributed by atoms with E-state index in [1.165, 1.54) is 31.2 Å². The van der Waals surface area contributed by atoms with Crippen molar-refractivity contribution in [2.24, 2.45) is 22.6 Å². The number of ether oxygens (including phenoxy) is 5. The minimum atomic E-state index is -1.76. The molecule has 1 unspecified atom stereocenters. The number of halogens is 1. The largest absolute Gasteiger partial charge is 0.491 e. The molecule has 2 aliphatic heterocycles. The highest BCUT2D eigenvalue weighted by Crippen LogP contribution is 2.38. The lowest BCUT2D eigenvalue weighted by Crippen LogP contribution is -2.65. The Labute approximate surface area is 399 Å². The molecule has 0 radical (unpaired) electrons. The number of nitrogens with zero attached hydrogens (tertiary/aromatic N) is 2. The molecule has 22 heteroatoms. The van der Waals surface area contributed by atoms with Gasteiger partial charge in [-0.25, -0.2) is 9.79 Å². The minimum absolute atomic E-state index is 0.0397. The molecule has 11 atom stereocenters. The monoisotopic (exact) mass is 969 g/mol. The number of amides is 3. The molecule has 2 heterocycles. The predicted molar refractivity (Wildman–Crippen MR) is 246 cm³/mol. The summed E-state index contributed by atoms with van der Waals surface area (Å²) in [5.41, 5.74) is 6.44. The molecule has 378 valence electrons. The van der Waals surface area contributed by atoms with Crippen LogP contribution in [0.5, 0.6) is 0 Å². The number of aryl methyl sites for hydroxylation is 1. The third-order valence-electron chi connectivity index (χ3n) is 12.5. The summed E-state index contributed by atoms with van der Waals surface area (Å²) in [6, 6.07) is 8.25. The highest BCUT2D eigenvalue weighted by atomic mass is 19.1. The maximum atomic E-state index is 13.8. The first-order chi connectivity index (χ1) is 32.7. The number of amidine groups is 1. The summed E-state index contributed by atoms with van der Waals surface area (Å²) in [6.07, 6.45) is -4.74. The van der Waals surface area contributed by atoms with Crippen molar-refractivity contribution in [2.45, 2.75) is 134 Å². The first-order valence-electron chi connectivity index (χ1n) is 22.8. The van der Waals surface area contributed by atoms with E-state index in [0.717, 1.165) is 5.56 Å². The fraction of sp³-hybridized carbons (Fsp3) is 0.553. The third-order valence-corrected chi connectivity index (χ3v) is 12.5. The zero-order chi connectivity index (χ0) is 50.4. The number of benzene rings is 2. The van der Waals surface area contributed by atoms with Crippen LogP contribution in [-0.2, 0) is 51.3 Å². The molecule has 1 aliphatic carbocycles. The van der Waals surface area contributed by atoms with Crippen molar-refractivity contribution < 1.29 is 67.5 Å². The van der Waals surface area contributed by atoms with Gasteiger partial charge in [-0.15, -0.1) is 0 Å². The molecule has 0 aromatic heterocycles. The van der Waals surface area contributed by atoms with Gasteiger partial charge < -0.3 is 66.0 Å². The summed E-state index contributed by atoms with van der Waals surface area (Å²) >= 11 is 0. The smallest absolute Gasteiger partial charge is 0.407 e. The van der Waals surface area contributed by atoms with E-state index in [2.05, 4.69) is 32.8 Å². The second kappa shape index (κ2) is 24.9.